The van der Waals surface area contributed by atoms with E-state index in [0.29, 0.717) is 28.5 Å². The van der Waals surface area contributed by atoms with Crippen LogP contribution >= 0.6 is 11.6 Å². The number of pyridine rings is 1. The van der Waals surface area contributed by atoms with Crippen LogP contribution in [0.15, 0.2) is 77.9 Å². The average molecular weight is 466 g/mol. The molecule has 33 heavy (non-hydrogen) atoms. The number of carbonyl (C=O) groups is 1. The highest BCUT2D eigenvalue weighted by Gasteiger charge is 2.26. The van der Waals surface area contributed by atoms with E-state index in [0.717, 1.165) is 11.1 Å². The van der Waals surface area contributed by atoms with Gasteiger partial charge in [-0.2, -0.15) is 0 Å². The topological polar surface area (TPSA) is 94.8 Å². The smallest absolute Gasteiger partial charge is 0.252 e. The highest BCUT2D eigenvalue weighted by atomic mass is 35.5. The van der Waals surface area contributed by atoms with Crippen molar-refractivity contribution >= 4 is 28.8 Å². The molecule has 0 spiro atoms. The van der Waals surface area contributed by atoms with Crippen LogP contribution in [0.1, 0.15) is 33.3 Å². The van der Waals surface area contributed by atoms with E-state index in [-0.39, 0.29) is 11.4 Å². The second-order valence-corrected chi connectivity index (χ2v) is 7.91. The quantitative estimate of drug-likeness (QED) is 0.497. The molecule has 0 aliphatic carbocycles. The molecule has 1 aliphatic rings. The largest absolute Gasteiger partial charge is 0.394 e. The van der Waals surface area contributed by atoms with E-state index in [4.69, 9.17) is 11.6 Å². The molecule has 1 aromatic heterocycles. The number of amides is 1. The number of aliphatic hydroxyl groups excluding tert-OH is 2. The van der Waals surface area contributed by atoms with Gasteiger partial charge in [-0.1, -0.05) is 35.9 Å². The van der Waals surface area contributed by atoms with Crippen molar-refractivity contribution in [3.8, 4) is 0 Å². The first kappa shape index (κ1) is 22.8. The first-order chi connectivity index (χ1) is 16.0. The molecule has 6 nitrogen and oxygen atoms in total. The Hall–Kier alpha value is -3.39. The number of aromatic nitrogens is 1. The van der Waals surface area contributed by atoms with Crippen molar-refractivity contribution in [2.75, 3.05) is 13.2 Å². The predicted molar refractivity (Wildman–Crippen MR) is 125 cm³/mol. The van der Waals surface area contributed by atoms with Crippen LogP contribution < -0.4 is 5.32 Å². The van der Waals surface area contributed by atoms with E-state index in [1.807, 2.05) is 6.08 Å². The number of hydrogen-bond acceptors (Lipinski definition) is 5. The summed E-state index contributed by atoms with van der Waals surface area (Å²) in [5.74, 6) is -0.845. The lowest BCUT2D eigenvalue weighted by molar-refractivity contribution is 0.0688. The van der Waals surface area contributed by atoms with Gasteiger partial charge in [0.25, 0.3) is 5.91 Å². The Balaban J connectivity index is 1.60. The number of benzene rings is 2. The van der Waals surface area contributed by atoms with Gasteiger partial charge in [-0.15, -0.1) is 0 Å². The van der Waals surface area contributed by atoms with E-state index in [2.05, 4.69) is 15.3 Å². The minimum atomic E-state index is -1.20. The summed E-state index contributed by atoms with van der Waals surface area (Å²) >= 11 is 6.45. The van der Waals surface area contributed by atoms with Crippen LogP contribution in [0, 0.1) is 5.82 Å². The molecule has 0 bridgehead atoms. The SMILES string of the molecule is O=C(N[C@@H](CO)C(O)c1ccccn1)c1cccc(Cl)c1C1=NCC(c2ccc(F)cc2)=C1. The zero-order valence-electron chi connectivity index (χ0n) is 17.5. The van der Waals surface area contributed by atoms with Gasteiger partial charge in [0.1, 0.15) is 11.9 Å². The monoisotopic (exact) mass is 465 g/mol. The summed E-state index contributed by atoms with van der Waals surface area (Å²) in [5, 5.41) is 23.4. The minimum absolute atomic E-state index is 0.254. The van der Waals surface area contributed by atoms with Crippen LogP contribution in [0.5, 0.6) is 0 Å². The molecule has 8 heteroatoms. The Labute approximate surface area is 195 Å². The van der Waals surface area contributed by atoms with Gasteiger partial charge in [-0.25, -0.2) is 4.39 Å². The van der Waals surface area contributed by atoms with Gasteiger partial charge < -0.3 is 15.5 Å². The molecule has 3 N–H and O–H groups in total. The third-order valence-corrected chi connectivity index (χ3v) is 5.66. The first-order valence-corrected chi connectivity index (χ1v) is 10.7. The number of allylic oxidation sites excluding steroid dienone is 1. The molecule has 2 aromatic carbocycles. The van der Waals surface area contributed by atoms with E-state index in [1.165, 1.54) is 18.3 Å². The van der Waals surface area contributed by atoms with Crippen LogP contribution in [0.2, 0.25) is 5.02 Å². The van der Waals surface area contributed by atoms with Crippen molar-refractivity contribution in [2.24, 2.45) is 4.99 Å². The van der Waals surface area contributed by atoms with Gasteiger partial charge in [0.2, 0.25) is 0 Å². The van der Waals surface area contributed by atoms with E-state index in [1.54, 1.807) is 48.5 Å². The molecule has 3 aromatic rings. The summed E-state index contributed by atoms with van der Waals surface area (Å²) in [6, 6.07) is 15.1. The molecule has 2 heterocycles. The Bertz CT molecular complexity index is 1210. The maximum absolute atomic E-state index is 13.3. The van der Waals surface area contributed by atoms with Crippen molar-refractivity contribution < 1.29 is 19.4 Å². The summed E-state index contributed by atoms with van der Waals surface area (Å²) in [7, 11) is 0. The molecule has 0 saturated carbocycles. The third-order valence-electron chi connectivity index (χ3n) is 5.35. The summed E-state index contributed by atoms with van der Waals surface area (Å²) in [6.45, 7) is -0.125. The Morgan fingerprint density at radius 1 is 1.12 bits per heavy atom. The third kappa shape index (κ3) is 5.01. The van der Waals surface area contributed by atoms with Crippen LogP contribution in [0.25, 0.3) is 5.57 Å². The Morgan fingerprint density at radius 3 is 2.61 bits per heavy atom. The number of carbonyl (C=O) groups excluding carboxylic acids is 1. The molecule has 0 fully saturated rings. The summed E-state index contributed by atoms with van der Waals surface area (Å²) in [5.41, 5.74) is 3.25. The fraction of sp³-hybridized carbons (Fsp3) is 0.160. The van der Waals surface area contributed by atoms with Crippen molar-refractivity contribution in [1.29, 1.82) is 0 Å². The molecule has 4 rings (SSSR count). The van der Waals surface area contributed by atoms with Crippen LogP contribution in [0.3, 0.4) is 0 Å². The van der Waals surface area contributed by atoms with Gasteiger partial charge in [0.05, 0.1) is 41.2 Å². The van der Waals surface area contributed by atoms with E-state index < -0.39 is 24.7 Å². The van der Waals surface area contributed by atoms with Crippen molar-refractivity contribution in [1.82, 2.24) is 10.3 Å². The zero-order valence-corrected chi connectivity index (χ0v) is 18.2. The maximum atomic E-state index is 13.3. The van der Waals surface area contributed by atoms with Crippen LogP contribution in [-0.4, -0.2) is 46.0 Å². The van der Waals surface area contributed by atoms with Crippen molar-refractivity contribution in [3.63, 3.8) is 0 Å². The maximum Gasteiger partial charge on any atom is 0.252 e. The summed E-state index contributed by atoms with van der Waals surface area (Å²) in [4.78, 5) is 21.7. The molecular weight excluding hydrogens is 445 g/mol. The van der Waals surface area contributed by atoms with Gasteiger partial charge in [-0.05, 0) is 53.6 Å². The number of rotatable bonds is 7. The molecule has 0 radical (unpaired) electrons. The zero-order chi connectivity index (χ0) is 23.4. The average Bonchev–Trinajstić information content (AvgIpc) is 3.32. The minimum Gasteiger partial charge on any atom is -0.394 e. The normalized spacial score (nSPS) is 14.9. The second kappa shape index (κ2) is 10.0. The lowest BCUT2D eigenvalue weighted by atomic mass is 9.99. The predicted octanol–water partition coefficient (Wildman–Crippen LogP) is 3.58. The summed E-state index contributed by atoms with van der Waals surface area (Å²) in [6.07, 6.45) is 2.14. The Morgan fingerprint density at radius 2 is 1.91 bits per heavy atom. The van der Waals surface area contributed by atoms with Gasteiger partial charge >= 0.3 is 0 Å². The summed E-state index contributed by atoms with van der Waals surface area (Å²) < 4.78 is 13.3. The van der Waals surface area contributed by atoms with Crippen molar-refractivity contribution in [2.45, 2.75) is 12.1 Å². The molecule has 1 amide bonds. The molecule has 2 atom stereocenters. The molecule has 1 unspecified atom stereocenters. The fourth-order valence-corrected chi connectivity index (χ4v) is 3.89. The van der Waals surface area contributed by atoms with Gasteiger partial charge in [-0.3, -0.25) is 14.8 Å². The number of halogens is 2. The van der Waals surface area contributed by atoms with Crippen LogP contribution in [0.4, 0.5) is 4.39 Å². The van der Waals surface area contributed by atoms with Crippen molar-refractivity contribution in [3.05, 3.63) is 106 Å². The number of aliphatic hydroxyl groups is 2. The molecule has 1 aliphatic heterocycles. The highest BCUT2D eigenvalue weighted by Crippen LogP contribution is 2.28. The lowest BCUT2D eigenvalue weighted by Gasteiger charge is -2.22. The molecular formula is C25H21ClFN3O3. The first-order valence-electron chi connectivity index (χ1n) is 10.3. The second-order valence-electron chi connectivity index (χ2n) is 7.50. The number of hydrogen-bond donors (Lipinski definition) is 3. The number of nitrogens with one attached hydrogen (secondary N) is 1. The van der Waals surface area contributed by atoms with Gasteiger partial charge in [0, 0.05) is 11.8 Å². The standard InChI is InChI=1S/C25H21ClFN3O3/c26-19-5-3-4-18(25(33)30-22(14-31)24(32)20-6-1-2-11-28-20)23(19)21-12-16(13-29-21)15-7-9-17(27)10-8-15/h1-12,22,24,31-32H,13-14H2,(H,30,33)/t22-,24?/m0/s1. The van der Waals surface area contributed by atoms with Crippen LogP contribution in [-0.2, 0) is 0 Å². The van der Waals surface area contributed by atoms with E-state index in [9.17, 15) is 19.4 Å². The number of nitrogens with zero attached hydrogens (tertiary/aromatic N) is 2. The lowest BCUT2D eigenvalue weighted by Crippen LogP contribution is -2.42. The number of aliphatic imine (C=N–C) groups is 1. The van der Waals surface area contributed by atoms with Gasteiger partial charge in [0.15, 0.2) is 0 Å². The Kier molecular flexibility index (Phi) is 6.93. The molecule has 168 valence electrons. The van der Waals surface area contributed by atoms with E-state index >= 15 is 0 Å². The fourth-order valence-electron chi connectivity index (χ4n) is 3.62. The highest BCUT2D eigenvalue weighted by molar-refractivity contribution is 6.37. The molecule has 0 saturated heterocycles.